The number of phenolic OH excluding ortho intramolecular Hbond substituents is 1. The van der Waals surface area contributed by atoms with E-state index in [0.717, 1.165) is 16.5 Å². The van der Waals surface area contributed by atoms with Crippen LogP contribution >= 0.6 is 0 Å². The van der Waals surface area contributed by atoms with E-state index in [2.05, 4.69) is 0 Å². The minimum absolute atomic E-state index is 0.224. The molecule has 0 aromatic heterocycles. The van der Waals surface area contributed by atoms with Crippen molar-refractivity contribution in [1.82, 2.24) is 0 Å². The van der Waals surface area contributed by atoms with Gasteiger partial charge < -0.3 is 9.84 Å². The van der Waals surface area contributed by atoms with Gasteiger partial charge in [-0.2, -0.15) is 0 Å². The third kappa shape index (κ3) is 3.54. The number of carbonyl (C=O) groups excluding carboxylic acids is 1. The first-order valence-corrected chi connectivity index (χ1v) is 7.75. The predicted octanol–water partition coefficient (Wildman–Crippen LogP) is 4.36. The Balaban J connectivity index is 1.85. The van der Waals surface area contributed by atoms with Crippen molar-refractivity contribution in [3.63, 3.8) is 0 Å². The highest BCUT2D eigenvalue weighted by molar-refractivity contribution is 6.08. The summed E-state index contributed by atoms with van der Waals surface area (Å²) in [5.41, 5.74) is 0.555. The second-order valence-electron chi connectivity index (χ2n) is 5.63. The summed E-state index contributed by atoms with van der Waals surface area (Å²) in [6, 6.07) is 14.9. The van der Waals surface area contributed by atoms with E-state index in [1.54, 1.807) is 19.2 Å². The van der Waals surface area contributed by atoms with Crippen molar-refractivity contribution in [3.05, 3.63) is 81.9 Å². The molecule has 3 aromatic carbocycles. The van der Waals surface area contributed by atoms with E-state index in [1.807, 2.05) is 24.3 Å². The molecule has 0 fully saturated rings. The van der Waals surface area contributed by atoms with Crippen LogP contribution in [0.25, 0.3) is 16.8 Å². The summed E-state index contributed by atoms with van der Waals surface area (Å²) >= 11 is 0. The molecule has 0 aliphatic carbocycles. The molecule has 26 heavy (non-hydrogen) atoms. The molecule has 3 rings (SSSR count). The summed E-state index contributed by atoms with van der Waals surface area (Å²) in [4.78, 5) is 22.6. The molecular weight excluding hydrogens is 334 g/mol. The maximum absolute atomic E-state index is 12.4. The normalized spacial score (nSPS) is 11.0. The number of benzene rings is 3. The van der Waals surface area contributed by atoms with Crippen LogP contribution in [0.15, 0.2) is 60.7 Å². The lowest BCUT2D eigenvalue weighted by Gasteiger charge is -2.04. The molecule has 0 aliphatic heterocycles. The molecule has 1 N–H and O–H groups in total. The molecule has 0 atom stereocenters. The van der Waals surface area contributed by atoms with Crippen LogP contribution < -0.4 is 4.74 Å². The number of aromatic hydroxyl groups is 1. The number of methoxy groups -OCH3 is 1. The smallest absolute Gasteiger partial charge is 0.311 e. The van der Waals surface area contributed by atoms with E-state index in [9.17, 15) is 20.0 Å². The summed E-state index contributed by atoms with van der Waals surface area (Å²) in [6.07, 6.45) is 2.83. The average molecular weight is 349 g/mol. The molecule has 0 saturated carbocycles. The van der Waals surface area contributed by atoms with Gasteiger partial charge in [-0.15, -0.1) is 0 Å². The molecule has 0 radical (unpaired) electrons. The number of phenols is 1. The first-order valence-electron chi connectivity index (χ1n) is 7.75. The lowest BCUT2D eigenvalue weighted by Crippen LogP contribution is -1.94. The third-order valence-corrected chi connectivity index (χ3v) is 3.96. The van der Waals surface area contributed by atoms with Crippen LogP contribution in [-0.4, -0.2) is 22.9 Å². The van der Waals surface area contributed by atoms with Crippen LogP contribution in [0.3, 0.4) is 0 Å². The van der Waals surface area contributed by atoms with Crippen molar-refractivity contribution < 1.29 is 19.6 Å². The molecule has 0 unspecified atom stereocenters. The zero-order valence-corrected chi connectivity index (χ0v) is 13.9. The molecular formula is C20H15NO5. The SMILES string of the molecule is COc1ccc2cc(C(=O)/C=C/c3ccc(O)c([N+](=O)[O-])c3)ccc2c1. The zero-order chi connectivity index (χ0) is 18.7. The van der Waals surface area contributed by atoms with Gasteiger partial charge in [-0.1, -0.05) is 30.3 Å². The maximum atomic E-state index is 12.4. The Labute approximate surface area is 149 Å². The highest BCUT2D eigenvalue weighted by atomic mass is 16.6. The second kappa shape index (κ2) is 7.06. The Bertz CT molecular complexity index is 1040. The Morgan fingerprint density at radius 2 is 1.81 bits per heavy atom. The van der Waals surface area contributed by atoms with Gasteiger partial charge in [0.15, 0.2) is 11.5 Å². The summed E-state index contributed by atoms with van der Waals surface area (Å²) in [7, 11) is 1.59. The highest BCUT2D eigenvalue weighted by Crippen LogP contribution is 2.27. The van der Waals surface area contributed by atoms with E-state index >= 15 is 0 Å². The van der Waals surface area contributed by atoms with E-state index in [4.69, 9.17) is 4.74 Å². The standard InChI is InChI=1S/C20H15NO5/c1-26-17-7-6-14-11-16(5-4-15(14)12-17)19(22)8-2-13-3-9-20(23)18(10-13)21(24)25/h2-12,23H,1H3/b8-2+. The van der Waals surface area contributed by atoms with Crippen molar-refractivity contribution in [2.75, 3.05) is 7.11 Å². The molecule has 0 bridgehead atoms. The largest absolute Gasteiger partial charge is 0.502 e. The molecule has 6 heteroatoms. The van der Waals surface area contributed by atoms with Crippen molar-refractivity contribution in [2.24, 2.45) is 0 Å². The van der Waals surface area contributed by atoms with Crippen molar-refractivity contribution in [3.8, 4) is 11.5 Å². The molecule has 0 amide bonds. The second-order valence-corrected chi connectivity index (χ2v) is 5.63. The van der Waals surface area contributed by atoms with Crippen LogP contribution in [0.2, 0.25) is 0 Å². The molecule has 0 spiro atoms. The van der Waals surface area contributed by atoms with E-state index < -0.39 is 16.4 Å². The first-order chi connectivity index (χ1) is 12.5. The highest BCUT2D eigenvalue weighted by Gasteiger charge is 2.12. The number of nitro groups is 1. The van der Waals surface area contributed by atoms with Gasteiger partial charge in [0.2, 0.25) is 0 Å². The van der Waals surface area contributed by atoms with Crippen LogP contribution in [0.1, 0.15) is 15.9 Å². The lowest BCUT2D eigenvalue weighted by molar-refractivity contribution is -0.385. The van der Waals surface area contributed by atoms with Gasteiger partial charge in [0.05, 0.1) is 12.0 Å². The van der Waals surface area contributed by atoms with Gasteiger partial charge in [-0.25, -0.2) is 0 Å². The van der Waals surface area contributed by atoms with Crippen molar-refractivity contribution >= 4 is 28.3 Å². The van der Waals surface area contributed by atoms with Crippen LogP contribution in [0.4, 0.5) is 5.69 Å². The summed E-state index contributed by atoms with van der Waals surface area (Å²) in [5.74, 6) is 0.104. The lowest BCUT2D eigenvalue weighted by atomic mass is 10.0. The minimum Gasteiger partial charge on any atom is -0.502 e. The van der Waals surface area contributed by atoms with Gasteiger partial charge in [-0.05, 0) is 46.7 Å². The number of hydrogen-bond acceptors (Lipinski definition) is 5. The van der Waals surface area contributed by atoms with Crippen molar-refractivity contribution in [1.29, 1.82) is 0 Å². The third-order valence-electron chi connectivity index (χ3n) is 3.96. The van der Waals surface area contributed by atoms with E-state index in [1.165, 1.54) is 30.4 Å². The Hall–Kier alpha value is -3.67. The van der Waals surface area contributed by atoms with E-state index in [-0.39, 0.29) is 5.78 Å². The molecule has 6 nitrogen and oxygen atoms in total. The number of ketones is 1. The average Bonchev–Trinajstić information content (AvgIpc) is 2.65. The van der Waals surface area contributed by atoms with Gasteiger partial charge >= 0.3 is 5.69 Å². The molecule has 130 valence electrons. The number of carbonyl (C=O) groups is 1. The Morgan fingerprint density at radius 3 is 2.54 bits per heavy atom. The molecule has 3 aromatic rings. The number of nitrogens with zero attached hydrogens (tertiary/aromatic N) is 1. The number of fused-ring (bicyclic) bond motifs is 1. The van der Waals surface area contributed by atoms with Crippen molar-refractivity contribution in [2.45, 2.75) is 0 Å². The van der Waals surface area contributed by atoms with Crippen LogP contribution in [-0.2, 0) is 0 Å². The van der Waals surface area contributed by atoms with Gasteiger partial charge in [-0.3, -0.25) is 14.9 Å². The Kier molecular flexibility index (Phi) is 4.66. The fourth-order valence-electron chi connectivity index (χ4n) is 2.56. The predicted molar refractivity (Wildman–Crippen MR) is 98.6 cm³/mol. The number of hydrogen-bond donors (Lipinski definition) is 1. The molecule has 0 aliphatic rings. The quantitative estimate of drug-likeness (QED) is 0.320. The molecule has 0 heterocycles. The first kappa shape index (κ1) is 17.2. The number of allylic oxidation sites excluding steroid dienone is 1. The summed E-state index contributed by atoms with van der Waals surface area (Å²) in [5, 5.41) is 22.2. The summed E-state index contributed by atoms with van der Waals surface area (Å²) < 4.78 is 5.18. The summed E-state index contributed by atoms with van der Waals surface area (Å²) in [6.45, 7) is 0. The number of rotatable bonds is 5. The number of nitro benzene ring substituents is 1. The molecule has 0 saturated heterocycles. The zero-order valence-electron chi connectivity index (χ0n) is 13.9. The maximum Gasteiger partial charge on any atom is 0.311 e. The van der Waals surface area contributed by atoms with Gasteiger partial charge in [0.1, 0.15) is 5.75 Å². The topological polar surface area (TPSA) is 89.7 Å². The van der Waals surface area contributed by atoms with E-state index in [0.29, 0.717) is 11.1 Å². The fraction of sp³-hybridized carbons (Fsp3) is 0.0500. The Morgan fingerprint density at radius 1 is 1.08 bits per heavy atom. The van der Waals surface area contributed by atoms with Crippen LogP contribution in [0, 0.1) is 10.1 Å². The monoisotopic (exact) mass is 349 g/mol. The van der Waals surface area contributed by atoms with Gasteiger partial charge in [0, 0.05) is 11.6 Å². The number of ether oxygens (including phenoxy) is 1. The minimum atomic E-state index is -0.675. The fourth-order valence-corrected chi connectivity index (χ4v) is 2.56. The van der Waals surface area contributed by atoms with Crippen LogP contribution in [0.5, 0.6) is 11.5 Å². The van der Waals surface area contributed by atoms with Gasteiger partial charge in [0.25, 0.3) is 0 Å².